The third-order valence-electron chi connectivity index (χ3n) is 2.99. The van der Waals surface area contributed by atoms with E-state index in [1.54, 1.807) is 6.20 Å². The maximum absolute atomic E-state index is 11.8. The molecule has 0 fully saturated rings. The molecule has 0 aliphatic rings. The Labute approximate surface area is 122 Å². The first-order chi connectivity index (χ1) is 10.3. The van der Waals surface area contributed by atoms with E-state index in [2.05, 4.69) is 10.3 Å². The van der Waals surface area contributed by atoms with Gasteiger partial charge in [-0.15, -0.1) is 0 Å². The number of carbonyl (C=O) groups is 1. The van der Waals surface area contributed by atoms with Crippen molar-refractivity contribution in [1.29, 1.82) is 0 Å². The number of nitrogens with zero attached hydrogens (tertiary/aromatic N) is 1. The number of nitrogens with one attached hydrogen (secondary N) is 1. The molecule has 0 unspecified atom stereocenters. The first-order valence-electron chi connectivity index (χ1n) is 6.64. The van der Waals surface area contributed by atoms with E-state index in [1.807, 2.05) is 60.7 Å². The van der Waals surface area contributed by atoms with E-state index in [-0.39, 0.29) is 12.5 Å². The van der Waals surface area contributed by atoms with E-state index >= 15 is 0 Å². The third kappa shape index (κ3) is 3.36. The second kappa shape index (κ2) is 6.05. The smallest absolute Gasteiger partial charge is 0.262 e. The van der Waals surface area contributed by atoms with Crippen LogP contribution in [0.25, 0.3) is 10.9 Å². The molecule has 3 aromatic rings. The minimum absolute atomic E-state index is 0.0467. The second-order valence-corrected chi connectivity index (χ2v) is 4.57. The van der Waals surface area contributed by atoms with Crippen LogP contribution in [0.5, 0.6) is 5.75 Å². The first-order valence-corrected chi connectivity index (χ1v) is 6.64. The summed E-state index contributed by atoms with van der Waals surface area (Å²) in [6, 6.07) is 18.9. The topological polar surface area (TPSA) is 51.2 Å². The van der Waals surface area contributed by atoms with Gasteiger partial charge in [0.15, 0.2) is 6.61 Å². The largest absolute Gasteiger partial charge is 0.482 e. The number of benzene rings is 2. The predicted octanol–water partition coefficient (Wildman–Crippen LogP) is 3.25. The lowest BCUT2D eigenvalue weighted by molar-refractivity contribution is -0.118. The van der Waals surface area contributed by atoms with Crippen LogP contribution in [0.15, 0.2) is 66.9 Å². The lowest BCUT2D eigenvalue weighted by Crippen LogP contribution is -2.20. The summed E-state index contributed by atoms with van der Waals surface area (Å²) in [5.41, 5.74) is 1.65. The van der Waals surface area contributed by atoms with Crippen LogP contribution in [0.1, 0.15) is 0 Å². The lowest BCUT2D eigenvalue weighted by atomic mass is 10.2. The maximum atomic E-state index is 11.8. The molecule has 4 nitrogen and oxygen atoms in total. The number of fused-ring (bicyclic) bond motifs is 1. The fraction of sp³-hybridized carbons (Fsp3) is 0.0588. The molecule has 0 spiro atoms. The predicted molar refractivity (Wildman–Crippen MR) is 82.3 cm³/mol. The van der Waals surface area contributed by atoms with Crippen LogP contribution >= 0.6 is 0 Å². The molecule has 1 amide bonds. The Kier molecular flexibility index (Phi) is 3.78. The highest BCUT2D eigenvalue weighted by Crippen LogP contribution is 2.17. The van der Waals surface area contributed by atoms with Crippen molar-refractivity contribution in [2.45, 2.75) is 0 Å². The number of para-hydroxylation sites is 2. The number of rotatable bonds is 4. The van der Waals surface area contributed by atoms with Crippen LogP contribution in [-0.4, -0.2) is 17.5 Å². The molecule has 21 heavy (non-hydrogen) atoms. The Balaban J connectivity index is 1.62. The molecule has 3 rings (SSSR count). The van der Waals surface area contributed by atoms with E-state index in [9.17, 15) is 4.79 Å². The summed E-state index contributed by atoms with van der Waals surface area (Å²) >= 11 is 0. The SMILES string of the molecule is O=C(COc1cnc2ccccc2c1)Nc1ccccc1. The molecule has 0 aliphatic heterocycles. The van der Waals surface area contributed by atoms with Gasteiger partial charge in [0.1, 0.15) is 5.75 Å². The highest BCUT2D eigenvalue weighted by atomic mass is 16.5. The number of aromatic nitrogens is 1. The van der Waals surface area contributed by atoms with Gasteiger partial charge in [-0.3, -0.25) is 9.78 Å². The fourth-order valence-electron chi connectivity index (χ4n) is 2.00. The van der Waals surface area contributed by atoms with Crippen LogP contribution in [0.4, 0.5) is 5.69 Å². The highest BCUT2D eigenvalue weighted by Gasteiger charge is 2.04. The van der Waals surface area contributed by atoms with Crippen molar-refractivity contribution in [3.05, 3.63) is 66.9 Å². The summed E-state index contributed by atoms with van der Waals surface area (Å²) in [7, 11) is 0. The number of hydrogen-bond donors (Lipinski definition) is 1. The lowest BCUT2D eigenvalue weighted by Gasteiger charge is -2.07. The molecule has 0 saturated carbocycles. The van der Waals surface area contributed by atoms with Crippen LogP contribution < -0.4 is 10.1 Å². The molecule has 1 aromatic heterocycles. The van der Waals surface area contributed by atoms with E-state index in [1.165, 1.54) is 0 Å². The van der Waals surface area contributed by atoms with Gasteiger partial charge < -0.3 is 10.1 Å². The Morgan fingerprint density at radius 2 is 1.81 bits per heavy atom. The monoisotopic (exact) mass is 278 g/mol. The molecule has 0 atom stereocenters. The number of pyridine rings is 1. The molecule has 0 radical (unpaired) electrons. The maximum Gasteiger partial charge on any atom is 0.262 e. The average molecular weight is 278 g/mol. The normalized spacial score (nSPS) is 10.3. The molecule has 4 heteroatoms. The minimum Gasteiger partial charge on any atom is -0.482 e. The zero-order valence-electron chi connectivity index (χ0n) is 11.3. The first kappa shape index (κ1) is 13.1. The number of hydrogen-bond acceptors (Lipinski definition) is 3. The van der Waals surface area contributed by atoms with Gasteiger partial charge in [-0.25, -0.2) is 0 Å². The average Bonchev–Trinajstić information content (AvgIpc) is 2.54. The summed E-state index contributed by atoms with van der Waals surface area (Å²) < 4.78 is 5.47. The molecule has 1 heterocycles. The Morgan fingerprint density at radius 1 is 1.05 bits per heavy atom. The van der Waals surface area contributed by atoms with Crippen molar-refractivity contribution in [1.82, 2.24) is 4.98 Å². The number of ether oxygens (including phenoxy) is 1. The van der Waals surface area contributed by atoms with Crippen molar-refractivity contribution in [3.8, 4) is 5.75 Å². The molecular weight excluding hydrogens is 264 g/mol. The fourth-order valence-corrected chi connectivity index (χ4v) is 2.00. The minimum atomic E-state index is -0.200. The summed E-state index contributed by atoms with van der Waals surface area (Å²) in [5, 5.41) is 3.75. The van der Waals surface area contributed by atoms with Crippen molar-refractivity contribution in [3.63, 3.8) is 0 Å². The summed E-state index contributed by atoms with van der Waals surface area (Å²) in [4.78, 5) is 16.1. The van der Waals surface area contributed by atoms with Gasteiger partial charge >= 0.3 is 0 Å². The van der Waals surface area contributed by atoms with Crippen molar-refractivity contribution < 1.29 is 9.53 Å². The number of carbonyl (C=O) groups excluding carboxylic acids is 1. The summed E-state index contributed by atoms with van der Waals surface area (Å²) in [6.45, 7) is -0.0467. The van der Waals surface area contributed by atoms with Gasteiger partial charge in [0, 0.05) is 11.1 Å². The van der Waals surface area contributed by atoms with E-state index < -0.39 is 0 Å². The quantitative estimate of drug-likeness (QED) is 0.797. The van der Waals surface area contributed by atoms with Gasteiger partial charge in [0.05, 0.1) is 11.7 Å². The molecule has 104 valence electrons. The van der Waals surface area contributed by atoms with Gasteiger partial charge in [-0.2, -0.15) is 0 Å². The van der Waals surface area contributed by atoms with Gasteiger partial charge in [0.25, 0.3) is 5.91 Å². The summed E-state index contributed by atoms with van der Waals surface area (Å²) in [5.74, 6) is 0.381. The Hall–Kier alpha value is -2.88. The van der Waals surface area contributed by atoms with Crippen LogP contribution in [0.2, 0.25) is 0 Å². The third-order valence-corrected chi connectivity index (χ3v) is 2.99. The van der Waals surface area contributed by atoms with E-state index in [0.29, 0.717) is 5.75 Å². The van der Waals surface area contributed by atoms with E-state index in [0.717, 1.165) is 16.6 Å². The van der Waals surface area contributed by atoms with Crippen LogP contribution in [0.3, 0.4) is 0 Å². The number of amides is 1. The molecule has 0 bridgehead atoms. The summed E-state index contributed by atoms with van der Waals surface area (Å²) in [6.07, 6.45) is 1.62. The molecule has 2 aromatic carbocycles. The second-order valence-electron chi connectivity index (χ2n) is 4.57. The van der Waals surface area contributed by atoms with Crippen LogP contribution in [-0.2, 0) is 4.79 Å². The van der Waals surface area contributed by atoms with Gasteiger partial charge in [0.2, 0.25) is 0 Å². The molecule has 1 N–H and O–H groups in total. The van der Waals surface area contributed by atoms with Gasteiger partial charge in [-0.05, 0) is 24.3 Å². The Bertz CT molecular complexity index is 757. The molecule has 0 aliphatic carbocycles. The van der Waals surface area contributed by atoms with Crippen molar-refractivity contribution in [2.75, 3.05) is 11.9 Å². The Morgan fingerprint density at radius 3 is 2.67 bits per heavy atom. The molecular formula is C17H14N2O2. The zero-order chi connectivity index (χ0) is 14.5. The molecule has 0 saturated heterocycles. The number of anilines is 1. The van der Waals surface area contributed by atoms with Crippen molar-refractivity contribution >= 4 is 22.5 Å². The van der Waals surface area contributed by atoms with Crippen molar-refractivity contribution in [2.24, 2.45) is 0 Å². The van der Waals surface area contributed by atoms with E-state index in [4.69, 9.17) is 4.74 Å². The standard InChI is InChI=1S/C17H14N2O2/c20-17(19-14-7-2-1-3-8-14)12-21-15-10-13-6-4-5-9-16(13)18-11-15/h1-11H,12H2,(H,19,20). The van der Waals surface area contributed by atoms with Crippen LogP contribution in [0, 0.1) is 0 Å². The zero-order valence-corrected chi connectivity index (χ0v) is 11.3. The van der Waals surface area contributed by atoms with Gasteiger partial charge in [-0.1, -0.05) is 36.4 Å². The highest BCUT2D eigenvalue weighted by molar-refractivity contribution is 5.91.